The predicted molar refractivity (Wildman–Crippen MR) is 133 cm³/mol. The van der Waals surface area contributed by atoms with Gasteiger partial charge in [0.15, 0.2) is 0 Å². The SMILES string of the molecule is CCCCCC1=Cc2c(ccc3ccccc23)OC12C=Cc1ccc3ccccc3c1O2. The molecule has 1 unspecified atom stereocenters. The van der Waals surface area contributed by atoms with Gasteiger partial charge in [0.1, 0.15) is 11.5 Å². The van der Waals surface area contributed by atoms with E-state index in [1.165, 1.54) is 34.6 Å². The number of hydrogen-bond acceptors (Lipinski definition) is 2. The van der Waals surface area contributed by atoms with Crippen LogP contribution in [0.15, 0.2) is 84.4 Å². The lowest BCUT2D eigenvalue weighted by atomic mass is 9.89. The first-order chi connectivity index (χ1) is 15.8. The van der Waals surface area contributed by atoms with E-state index in [0.29, 0.717) is 0 Å². The molecule has 6 rings (SSSR count). The van der Waals surface area contributed by atoms with E-state index in [1.54, 1.807) is 0 Å². The molecule has 32 heavy (non-hydrogen) atoms. The number of unbranched alkanes of at least 4 members (excludes halogenated alkanes) is 2. The smallest absolute Gasteiger partial charge is 0.294 e. The second-order valence-electron chi connectivity index (χ2n) is 8.74. The van der Waals surface area contributed by atoms with Crippen LogP contribution >= 0.6 is 0 Å². The van der Waals surface area contributed by atoms with E-state index >= 15 is 0 Å². The fourth-order valence-corrected chi connectivity index (χ4v) is 4.95. The number of benzene rings is 4. The maximum Gasteiger partial charge on any atom is 0.294 e. The molecule has 0 saturated carbocycles. The van der Waals surface area contributed by atoms with E-state index in [1.807, 2.05) is 0 Å². The van der Waals surface area contributed by atoms with Gasteiger partial charge in [0.25, 0.3) is 5.79 Å². The van der Waals surface area contributed by atoms with Crippen LogP contribution in [0.4, 0.5) is 0 Å². The van der Waals surface area contributed by atoms with E-state index in [9.17, 15) is 0 Å². The summed E-state index contributed by atoms with van der Waals surface area (Å²) in [5.74, 6) is 0.868. The molecule has 0 N–H and O–H groups in total. The zero-order chi connectivity index (χ0) is 21.5. The van der Waals surface area contributed by atoms with E-state index < -0.39 is 5.79 Å². The van der Waals surface area contributed by atoms with Crippen molar-refractivity contribution in [3.63, 3.8) is 0 Å². The Morgan fingerprint density at radius 2 is 1.50 bits per heavy atom. The molecule has 0 bridgehead atoms. The summed E-state index contributed by atoms with van der Waals surface area (Å²) < 4.78 is 13.5. The largest absolute Gasteiger partial charge is 0.444 e. The summed E-state index contributed by atoms with van der Waals surface area (Å²) in [6, 6.07) is 25.4. The number of fused-ring (bicyclic) bond motifs is 6. The maximum absolute atomic E-state index is 6.81. The van der Waals surface area contributed by atoms with Crippen molar-refractivity contribution in [2.45, 2.75) is 38.4 Å². The van der Waals surface area contributed by atoms with Gasteiger partial charge in [0.05, 0.1) is 0 Å². The fourth-order valence-electron chi connectivity index (χ4n) is 4.95. The summed E-state index contributed by atoms with van der Waals surface area (Å²) in [5.41, 5.74) is 3.43. The number of ether oxygens (including phenoxy) is 2. The third-order valence-corrected chi connectivity index (χ3v) is 6.65. The lowest BCUT2D eigenvalue weighted by Crippen LogP contribution is -2.45. The van der Waals surface area contributed by atoms with E-state index in [2.05, 4.69) is 97.9 Å². The van der Waals surface area contributed by atoms with Crippen LogP contribution in [-0.4, -0.2) is 5.79 Å². The maximum atomic E-state index is 6.81. The molecule has 0 aliphatic carbocycles. The van der Waals surface area contributed by atoms with Crippen molar-refractivity contribution in [1.29, 1.82) is 0 Å². The van der Waals surface area contributed by atoms with Crippen molar-refractivity contribution in [3.8, 4) is 11.5 Å². The summed E-state index contributed by atoms with van der Waals surface area (Å²) >= 11 is 0. The topological polar surface area (TPSA) is 18.5 Å². The molecule has 0 amide bonds. The molecular weight excluding hydrogens is 392 g/mol. The molecule has 4 aromatic carbocycles. The first-order valence-electron chi connectivity index (χ1n) is 11.6. The van der Waals surface area contributed by atoms with E-state index in [0.717, 1.165) is 40.9 Å². The Morgan fingerprint density at radius 3 is 2.34 bits per heavy atom. The molecule has 0 saturated heterocycles. The molecule has 2 heteroatoms. The summed E-state index contributed by atoms with van der Waals surface area (Å²) in [6.45, 7) is 2.24. The highest BCUT2D eigenvalue weighted by Gasteiger charge is 2.42. The minimum atomic E-state index is -0.902. The Morgan fingerprint density at radius 1 is 0.750 bits per heavy atom. The second-order valence-corrected chi connectivity index (χ2v) is 8.74. The zero-order valence-electron chi connectivity index (χ0n) is 18.3. The molecule has 0 fully saturated rings. The van der Waals surface area contributed by atoms with E-state index in [-0.39, 0.29) is 0 Å². The number of rotatable bonds is 4. The lowest BCUT2D eigenvalue weighted by Gasteiger charge is -2.40. The Labute approximate surface area is 188 Å². The third kappa shape index (κ3) is 3.02. The zero-order valence-corrected chi connectivity index (χ0v) is 18.3. The van der Waals surface area contributed by atoms with Crippen molar-refractivity contribution < 1.29 is 9.47 Å². The Bertz CT molecular complexity index is 1390. The van der Waals surface area contributed by atoms with Gasteiger partial charge in [-0.05, 0) is 47.2 Å². The van der Waals surface area contributed by atoms with Crippen LogP contribution in [0.5, 0.6) is 11.5 Å². The predicted octanol–water partition coefficient (Wildman–Crippen LogP) is 8.15. The molecule has 1 spiro atoms. The van der Waals surface area contributed by atoms with Crippen LogP contribution in [0.25, 0.3) is 33.7 Å². The van der Waals surface area contributed by atoms with Crippen molar-refractivity contribution in [2.24, 2.45) is 0 Å². The summed E-state index contributed by atoms with van der Waals surface area (Å²) in [4.78, 5) is 0. The average Bonchev–Trinajstić information content (AvgIpc) is 2.84. The summed E-state index contributed by atoms with van der Waals surface area (Å²) in [6.07, 6.45) is 11.0. The normalized spacial score (nSPS) is 18.7. The van der Waals surface area contributed by atoms with Gasteiger partial charge in [-0.3, -0.25) is 0 Å². The fraction of sp³-hybridized carbons (Fsp3) is 0.200. The average molecular weight is 419 g/mol. The first-order valence-corrected chi connectivity index (χ1v) is 11.6. The van der Waals surface area contributed by atoms with Gasteiger partial charge in [-0.2, -0.15) is 0 Å². The number of hydrogen-bond donors (Lipinski definition) is 0. The molecule has 2 aliphatic rings. The first kappa shape index (κ1) is 19.2. The van der Waals surface area contributed by atoms with Crippen molar-refractivity contribution in [2.75, 3.05) is 0 Å². The minimum Gasteiger partial charge on any atom is -0.444 e. The molecule has 4 aromatic rings. The Kier molecular flexibility index (Phi) is 4.53. The van der Waals surface area contributed by atoms with Gasteiger partial charge < -0.3 is 9.47 Å². The molecule has 2 heterocycles. The highest BCUT2D eigenvalue weighted by atomic mass is 16.7. The monoisotopic (exact) mass is 418 g/mol. The molecule has 0 radical (unpaired) electrons. The van der Waals surface area contributed by atoms with Gasteiger partial charge >= 0.3 is 0 Å². The summed E-state index contributed by atoms with van der Waals surface area (Å²) in [7, 11) is 0. The van der Waals surface area contributed by atoms with Gasteiger partial charge in [-0.15, -0.1) is 0 Å². The molecule has 158 valence electrons. The molecular formula is C30H26O2. The molecule has 2 nitrogen and oxygen atoms in total. The van der Waals surface area contributed by atoms with Gasteiger partial charge in [-0.25, -0.2) is 0 Å². The quantitative estimate of drug-likeness (QED) is 0.311. The highest BCUT2D eigenvalue weighted by Crippen LogP contribution is 2.47. The Hall–Kier alpha value is -3.52. The molecule has 1 atom stereocenters. The van der Waals surface area contributed by atoms with Crippen LogP contribution < -0.4 is 9.47 Å². The van der Waals surface area contributed by atoms with Crippen molar-refractivity contribution in [1.82, 2.24) is 0 Å². The molecule has 0 aromatic heterocycles. The Balaban J connectivity index is 1.51. The van der Waals surface area contributed by atoms with Crippen molar-refractivity contribution in [3.05, 3.63) is 95.6 Å². The standard InChI is InChI=1S/C30H26O2/c1-2-3-4-11-24-20-27-25-12-7-5-9-21(25)16-17-28(27)31-30(24)19-18-23-15-14-22-10-6-8-13-26(22)29(23)32-30/h5-10,12-20H,2-4,11H2,1H3. The molecule has 2 aliphatic heterocycles. The van der Waals surface area contributed by atoms with Crippen LogP contribution in [0.2, 0.25) is 0 Å². The van der Waals surface area contributed by atoms with Gasteiger partial charge in [-0.1, -0.05) is 86.5 Å². The third-order valence-electron chi connectivity index (χ3n) is 6.65. The van der Waals surface area contributed by atoms with E-state index in [4.69, 9.17) is 9.47 Å². The summed E-state index contributed by atoms with van der Waals surface area (Å²) in [5, 5.41) is 4.75. The van der Waals surface area contributed by atoms with Crippen LogP contribution in [-0.2, 0) is 0 Å². The lowest BCUT2D eigenvalue weighted by molar-refractivity contribution is -0.0426. The van der Waals surface area contributed by atoms with Crippen LogP contribution in [0.3, 0.4) is 0 Å². The van der Waals surface area contributed by atoms with Gasteiger partial charge in [0, 0.05) is 28.2 Å². The minimum absolute atomic E-state index is 0.872. The van der Waals surface area contributed by atoms with Crippen molar-refractivity contribution >= 4 is 33.7 Å². The van der Waals surface area contributed by atoms with Crippen LogP contribution in [0.1, 0.15) is 43.7 Å². The van der Waals surface area contributed by atoms with Crippen LogP contribution in [0, 0.1) is 0 Å². The van der Waals surface area contributed by atoms with Gasteiger partial charge in [0.2, 0.25) is 0 Å². The second kappa shape index (κ2) is 7.56. The highest BCUT2D eigenvalue weighted by molar-refractivity contribution is 5.95.